The maximum absolute atomic E-state index is 13.3. The van der Waals surface area contributed by atoms with Gasteiger partial charge in [0, 0.05) is 23.4 Å². The lowest BCUT2D eigenvalue weighted by molar-refractivity contribution is -0.118. The summed E-state index contributed by atoms with van der Waals surface area (Å²) < 4.78 is 1.79. The number of amides is 1. The number of aromatic nitrogens is 2. The van der Waals surface area contributed by atoms with Gasteiger partial charge in [0.05, 0.1) is 6.20 Å². The molecule has 32 heavy (non-hydrogen) atoms. The molecule has 1 atom stereocenters. The Kier molecular flexibility index (Phi) is 4.73. The Hall–Kier alpha value is -3.67. The van der Waals surface area contributed by atoms with Gasteiger partial charge in [-0.15, -0.1) is 0 Å². The van der Waals surface area contributed by atoms with Crippen molar-refractivity contribution in [1.82, 2.24) is 9.78 Å². The first-order valence-electron chi connectivity index (χ1n) is 10.9. The van der Waals surface area contributed by atoms with Gasteiger partial charge in [0.1, 0.15) is 17.4 Å². The summed E-state index contributed by atoms with van der Waals surface area (Å²) >= 11 is 0. The molecule has 2 heterocycles. The Bertz CT molecular complexity index is 1250. The molecule has 1 unspecified atom stereocenters. The summed E-state index contributed by atoms with van der Waals surface area (Å²) in [7, 11) is 0. The molecule has 6 heteroatoms. The zero-order valence-corrected chi connectivity index (χ0v) is 18.5. The minimum absolute atomic E-state index is 0.133. The van der Waals surface area contributed by atoms with Crippen LogP contribution in [-0.4, -0.2) is 21.5 Å². The minimum Gasteiger partial charge on any atom is -0.343 e. The maximum atomic E-state index is 13.3. The van der Waals surface area contributed by atoms with Crippen molar-refractivity contribution in [2.75, 3.05) is 10.6 Å². The van der Waals surface area contributed by atoms with E-state index in [0.717, 1.165) is 34.5 Å². The molecule has 2 aromatic carbocycles. The molecular formula is C26H26N4O2. The van der Waals surface area contributed by atoms with Gasteiger partial charge in [-0.2, -0.15) is 5.10 Å². The molecule has 2 aliphatic rings. The van der Waals surface area contributed by atoms with Crippen LogP contribution in [0.5, 0.6) is 0 Å². The lowest BCUT2D eigenvalue weighted by Gasteiger charge is -2.39. The Morgan fingerprint density at radius 1 is 1.09 bits per heavy atom. The van der Waals surface area contributed by atoms with Crippen LogP contribution in [0.3, 0.4) is 0 Å². The van der Waals surface area contributed by atoms with Gasteiger partial charge in [-0.25, -0.2) is 4.68 Å². The summed E-state index contributed by atoms with van der Waals surface area (Å²) in [4.78, 5) is 26.4. The minimum atomic E-state index is -0.357. The van der Waals surface area contributed by atoms with Crippen molar-refractivity contribution < 1.29 is 9.59 Å². The molecule has 3 aromatic rings. The second-order valence-electron chi connectivity index (χ2n) is 9.39. The summed E-state index contributed by atoms with van der Waals surface area (Å²) in [5.74, 6) is 0.517. The SMILES string of the molecule is Cc1ccccc1C1C2=C(CC(C)(C)CC2=O)Nc2c(C(=O)Nc3ccccc3)cnn21. The van der Waals surface area contributed by atoms with Crippen LogP contribution >= 0.6 is 0 Å². The third-order valence-electron chi connectivity index (χ3n) is 6.26. The second kappa shape index (κ2) is 7.48. The zero-order valence-electron chi connectivity index (χ0n) is 18.5. The summed E-state index contributed by atoms with van der Waals surface area (Å²) in [6.45, 7) is 6.25. The van der Waals surface area contributed by atoms with Gasteiger partial charge in [0.2, 0.25) is 0 Å². The third kappa shape index (κ3) is 3.42. The van der Waals surface area contributed by atoms with E-state index in [1.165, 1.54) is 0 Å². The molecule has 2 N–H and O–H groups in total. The number of aryl methyl sites for hydroxylation is 1. The lowest BCUT2D eigenvalue weighted by Crippen LogP contribution is -2.37. The van der Waals surface area contributed by atoms with E-state index in [0.29, 0.717) is 17.8 Å². The number of hydrogen-bond donors (Lipinski definition) is 2. The van der Waals surface area contributed by atoms with Gasteiger partial charge in [-0.05, 0) is 42.0 Å². The van der Waals surface area contributed by atoms with Crippen molar-refractivity contribution in [3.8, 4) is 0 Å². The predicted molar refractivity (Wildman–Crippen MR) is 125 cm³/mol. The molecular weight excluding hydrogens is 400 g/mol. The molecule has 0 saturated carbocycles. The standard InChI is InChI=1S/C26H26N4O2/c1-16-9-7-8-12-18(16)23-22-20(13-26(2,3)14-21(22)31)29-24-19(15-27-30(23)24)25(32)28-17-10-5-4-6-11-17/h4-12,15,23,29H,13-14H2,1-3H3,(H,28,32). The van der Waals surface area contributed by atoms with E-state index in [1.54, 1.807) is 10.9 Å². The molecule has 1 aliphatic carbocycles. The molecule has 0 fully saturated rings. The summed E-state index contributed by atoms with van der Waals surface area (Å²) in [6, 6.07) is 17.0. The zero-order chi connectivity index (χ0) is 22.5. The lowest BCUT2D eigenvalue weighted by atomic mass is 9.72. The number of fused-ring (bicyclic) bond motifs is 1. The van der Waals surface area contributed by atoms with Crippen LogP contribution in [0.2, 0.25) is 0 Å². The highest BCUT2D eigenvalue weighted by Crippen LogP contribution is 2.46. The molecule has 5 rings (SSSR count). The van der Waals surface area contributed by atoms with Gasteiger partial charge in [-0.1, -0.05) is 56.3 Å². The smallest absolute Gasteiger partial charge is 0.261 e. The number of hydrogen-bond acceptors (Lipinski definition) is 4. The van der Waals surface area contributed by atoms with Crippen molar-refractivity contribution in [2.45, 2.75) is 39.7 Å². The molecule has 1 aromatic heterocycles. The van der Waals surface area contributed by atoms with Crippen molar-refractivity contribution in [3.63, 3.8) is 0 Å². The summed E-state index contributed by atoms with van der Waals surface area (Å²) in [5, 5.41) is 10.9. The highest BCUT2D eigenvalue weighted by molar-refractivity contribution is 6.08. The van der Waals surface area contributed by atoms with E-state index >= 15 is 0 Å². The van der Waals surface area contributed by atoms with Gasteiger partial charge >= 0.3 is 0 Å². The Morgan fingerprint density at radius 2 is 1.81 bits per heavy atom. The Balaban J connectivity index is 1.63. The molecule has 1 aliphatic heterocycles. The highest BCUT2D eigenvalue weighted by Gasteiger charge is 2.42. The summed E-state index contributed by atoms with van der Waals surface area (Å²) in [5.41, 5.74) is 4.78. The monoisotopic (exact) mass is 426 g/mol. The fourth-order valence-electron chi connectivity index (χ4n) is 4.78. The first-order valence-corrected chi connectivity index (χ1v) is 10.9. The number of rotatable bonds is 3. The van der Waals surface area contributed by atoms with Crippen molar-refractivity contribution in [3.05, 3.63) is 88.8 Å². The van der Waals surface area contributed by atoms with E-state index in [1.807, 2.05) is 61.5 Å². The fourth-order valence-corrected chi connectivity index (χ4v) is 4.78. The second-order valence-corrected chi connectivity index (χ2v) is 9.39. The number of ketones is 1. The van der Waals surface area contributed by atoms with E-state index < -0.39 is 0 Å². The molecule has 0 radical (unpaired) electrons. The normalized spacial score (nSPS) is 19.1. The number of para-hydroxylation sites is 1. The molecule has 0 bridgehead atoms. The van der Waals surface area contributed by atoms with Crippen LogP contribution in [0.4, 0.5) is 11.5 Å². The van der Waals surface area contributed by atoms with Crippen LogP contribution in [0, 0.1) is 12.3 Å². The van der Waals surface area contributed by atoms with E-state index in [-0.39, 0.29) is 23.1 Å². The summed E-state index contributed by atoms with van der Waals surface area (Å²) in [6.07, 6.45) is 2.81. The Labute approximate surface area is 187 Å². The number of nitrogens with one attached hydrogen (secondary N) is 2. The van der Waals surface area contributed by atoms with Crippen LogP contribution < -0.4 is 10.6 Å². The number of Topliss-reactive ketones (excluding diaryl/α,β-unsaturated/α-hetero) is 1. The maximum Gasteiger partial charge on any atom is 0.261 e. The molecule has 162 valence electrons. The van der Waals surface area contributed by atoms with Gasteiger partial charge in [0.25, 0.3) is 5.91 Å². The third-order valence-corrected chi connectivity index (χ3v) is 6.26. The first kappa shape index (κ1) is 20.2. The Morgan fingerprint density at radius 3 is 2.56 bits per heavy atom. The average Bonchev–Trinajstić information content (AvgIpc) is 3.16. The van der Waals surface area contributed by atoms with Crippen LogP contribution in [0.15, 0.2) is 72.1 Å². The number of carbonyl (C=O) groups is 2. The van der Waals surface area contributed by atoms with Gasteiger partial charge < -0.3 is 10.6 Å². The van der Waals surface area contributed by atoms with Gasteiger partial charge in [-0.3, -0.25) is 9.59 Å². The number of nitrogens with zero attached hydrogens (tertiary/aromatic N) is 2. The van der Waals surface area contributed by atoms with Gasteiger partial charge in [0.15, 0.2) is 5.78 Å². The first-order chi connectivity index (χ1) is 15.3. The molecule has 6 nitrogen and oxygen atoms in total. The van der Waals surface area contributed by atoms with E-state index in [2.05, 4.69) is 29.6 Å². The average molecular weight is 427 g/mol. The number of carbonyl (C=O) groups excluding carboxylic acids is 2. The van der Waals surface area contributed by atoms with Crippen LogP contribution in [0.1, 0.15) is 54.2 Å². The van der Waals surface area contributed by atoms with Crippen LogP contribution in [-0.2, 0) is 4.79 Å². The number of benzene rings is 2. The van der Waals surface area contributed by atoms with Crippen molar-refractivity contribution in [1.29, 1.82) is 0 Å². The van der Waals surface area contributed by atoms with E-state index in [9.17, 15) is 9.59 Å². The van der Waals surface area contributed by atoms with Crippen LogP contribution in [0.25, 0.3) is 0 Å². The van der Waals surface area contributed by atoms with Crippen molar-refractivity contribution >= 4 is 23.2 Å². The molecule has 0 saturated heterocycles. The highest BCUT2D eigenvalue weighted by atomic mass is 16.1. The van der Waals surface area contributed by atoms with Crippen molar-refractivity contribution in [2.24, 2.45) is 5.41 Å². The topological polar surface area (TPSA) is 76.0 Å². The quantitative estimate of drug-likeness (QED) is 0.611. The number of anilines is 2. The largest absolute Gasteiger partial charge is 0.343 e. The fraction of sp³-hybridized carbons (Fsp3) is 0.269. The molecule has 0 spiro atoms. The van der Waals surface area contributed by atoms with E-state index in [4.69, 9.17) is 0 Å². The predicted octanol–water partition coefficient (Wildman–Crippen LogP) is 5.10. The molecule has 1 amide bonds. The number of allylic oxidation sites excluding steroid dienone is 2.